The smallest absolute Gasteiger partial charge is 0.342 e. The highest BCUT2D eigenvalue weighted by Crippen LogP contribution is 2.63. The van der Waals surface area contributed by atoms with E-state index in [4.69, 9.17) is 9.78 Å². The molecule has 1 rings (SSSR count). The quantitative estimate of drug-likeness (QED) is 0.277. The van der Waals surface area contributed by atoms with Crippen molar-refractivity contribution in [1.29, 1.82) is 0 Å². The lowest BCUT2D eigenvalue weighted by Gasteiger charge is -2.64. The molecule has 0 radical (unpaired) electrons. The Balaban J connectivity index is 3.57. The minimum Gasteiger partial charge on any atom is -0.479 e. The van der Waals surface area contributed by atoms with Crippen molar-refractivity contribution in [1.82, 2.24) is 0 Å². The van der Waals surface area contributed by atoms with E-state index in [0.717, 1.165) is 64.2 Å². The summed E-state index contributed by atoms with van der Waals surface area (Å²) in [7, 11) is 0. The second-order valence-electron chi connectivity index (χ2n) is 8.99. The number of unbranched alkanes of at least 4 members (excludes halogenated alkanes) is 4. The van der Waals surface area contributed by atoms with E-state index in [-0.39, 0.29) is 5.41 Å². The minimum absolute atomic E-state index is 0.157. The van der Waals surface area contributed by atoms with Gasteiger partial charge in [0.1, 0.15) is 0 Å². The standard InChI is InChI=1S/C24H46O4/c1-7-12-16-20(6)22(17-13-8-2,18-14-9-3)24(19-15-10-4)23(11-5,21(25)26)27-28-24/h20H,7-19H2,1-6H3,(H,25,26). The topological polar surface area (TPSA) is 55.8 Å². The third-order valence-electron chi connectivity index (χ3n) is 7.40. The molecular formula is C24H46O4. The molecule has 3 atom stereocenters. The summed E-state index contributed by atoms with van der Waals surface area (Å²) in [6, 6.07) is 0. The molecule has 4 heteroatoms. The normalized spacial score (nSPS) is 26.1. The highest BCUT2D eigenvalue weighted by molar-refractivity contribution is 5.80. The van der Waals surface area contributed by atoms with Crippen LogP contribution in [0, 0.1) is 11.3 Å². The van der Waals surface area contributed by atoms with Crippen molar-refractivity contribution in [2.75, 3.05) is 0 Å². The molecule has 1 aliphatic rings. The maximum absolute atomic E-state index is 12.5. The lowest BCUT2D eigenvalue weighted by molar-refractivity contribution is -0.568. The number of hydrogen-bond donors (Lipinski definition) is 1. The summed E-state index contributed by atoms with van der Waals surface area (Å²) >= 11 is 0. The van der Waals surface area contributed by atoms with E-state index in [0.29, 0.717) is 12.3 Å². The Bertz CT molecular complexity index is 452. The zero-order valence-corrected chi connectivity index (χ0v) is 19.4. The third-order valence-corrected chi connectivity index (χ3v) is 7.40. The summed E-state index contributed by atoms with van der Waals surface area (Å²) in [5.74, 6) is -0.436. The van der Waals surface area contributed by atoms with E-state index in [2.05, 4.69) is 34.6 Å². The Kier molecular flexibility index (Phi) is 10.5. The lowest BCUT2D eigenvalue weighted by Crippen LogP contribution is -2.78. The third kappa shape index (κ3) is 4.43. The lowest BCUT2D eigenvalue weighted by atomic mass is 9.51. The molecule has 4 nitrogen and oxygen atoms in total. The van der Waals surface area contributed by atoms with Crippen LogP contribution in [-0.4, -0.2) is 22.3 Å². The summed E-state index contributed by atoms with van der Waals surface area (Å²) in [5, 5.41) is 10.3. The molecule has 1 fully saturated rings. The first-order chi connectivity index (χ1) is 13.4. The molecular weight excluding hydrogens is 352 g/mol. The average Bonchev–Trinajstić information content (AvgIpc) is 2.67. The van der Waals surface area contributed by atoms with Crippen molar-refractivity contribution >= 4 is 5.97 Å². The van der Waals surface area contributed by atoms with E-state index >= 15 is 0 Å². The first-order valence-electron chi connectivity index (χ1n) is 12.0. The van der Waals surface area contributed by atoms with E-state index < -0.39 is 17.2 Å². The van der Waals surface area contributed by atoms with Gasteiger partial charge in [-0.2, -0.15) is 0 Å². The number of carboxylic acids is 1. The van der Waals surface area contributed by atoms with E-state index in [1.54, 1.807) is 0 Å². The van der Waals surface area contributed by atoms with Crippen LogP contribution in [0.5, 0.6) is 0 Å². The molecule has 0 saturated carbocycles. The van der Waals surface area contributed by atoms with Crippen molar-refractivity contribution < 1.29 is 19.7 Å². The van der Waals surface area contributed by atoms with Gasteiger partial charge in [0.25, 0.3) is 0 Å². The maximum Gasteiger partial charge on any atom is 0.342 e. The molecule has 166 valence electrons. The predicted octanol–water partition coefficient (Wildman–Crippen LogP) is 7.30. The van der Waals surface area contributed by atoms with E-state index in [9.17, 15) is 9.90 Å². The van der Waals surface area contributed by atoms with Crippen LogP contribution in [0.4, 0.5) is 0 Å². The van der Waals surface area contributed by atoms with Gasteiger partial charge in [-0.05, 0) is 31.6 Å². The van der Waals surface area contributed by atoms with E-state index in [1.807, 2.05) is 6.92 Å². The van der Waals surface area contributed by atoms with Crippen molar-refractivity contribution in [2.24, 2.45) is 11.3 Å². The number of rotatable bonds is 16. The molecule has 0 spiro atoms. The molecule has 0 aromatic carbocycles. The van der Waals surface area contributed by atoms with Crippen LogP contribution < -0.4 is 0 Å². The first-order valence-corrected chi connectivity index (χ1v) is 12.0. The van der Waals surface area contributed by atoms with Crippen LogP contribution in [0.15, 0.2) is 0 Å². The van der Waals surface area contributed by atoms with Crippen LogP contribution in [0.25, 0.3) is 0 Å². The van der Waals surface area contributed by atoms with Gasteiger partial charge in [-0.3, -0.25) is 0 Å². The summed E-state index contributed by atoms with van der Waals surface area (Å²) in [6.07, 6.45) is 13.2. The summed E-state index contributed by atoms with van der Waals surface area (Å²) in [5.41, 5.74) is -2.10. The van der Waals surface area contributed by atoms with Crippen LogP contribution in [-0.2, 0) is 14.6 Å². The summed E-state index contributed by atoms with van der Waals surface area (Å²) < 4.78 is 0. The Labute approximate surface area is 173 Å². The summed E-state index contributed by atoms with van der Waals surface area (Å²) in [6.45, 7) is 13.1. The molecule has 1 saturated heterocycles. The number of hydrogen-bond acceptors (Lipinski definition) is 3. The molecule has 0 aliphatic carbocycles. The van der Waals surface area contributed by atoms with E-state index in [1.165, 1.54) is 12.8 Å². The molecule has 0 bridgehead atoms. The highest BCUT2D eigenvalue weighted by Gasteiger charge is 2.75. The molecule has 28 heavy (non-hydrogen) atoms. The predicted molar refractivity (Wildman–Crippen MR) is 115 cm³/mol. The number of aliphatic carboxylic acids is 1. The SMILES string of the molecule is CCCCC(C)C(CCCC)(CCCC)C1(CCCC)OOC1(CC)C(=O)O. The second-order valence-corrected chi connectivity index (χ2v) is 8.99. The van der Waals surface area contributed by atoms with Crippen LogP contribution in [0.1, 0.15) is 125 Å². The number of carbonyl (C=O) groups is 1. The fourth-order valence-corrected chi connectivity index (χ4v) is 5.54. The van der Waals surface area contributed by atoms with Gasteiger partial charge in [0, 0.05) is 5.41 Å². The zero-order valence-electron chi connectivity index (χ0n) is 19.4. The largest absolute Gasteiger partial charge is 0.479 e. The molecule has 1 N–H and O–H groups in total. The molecule has 1 aliphatic heterocycles. The van der Waals surface area contributed by atoms with Crippen molar-refractivity contribution in [2.45, 2.75) is 136 Å². The van der Waals surface area contributed by atoms with Gasteiger partial charge in [-0.15, -0.1) is 0 Å². The van der Waals surface area contributed by atoms with Crippen molar-refractivity contribution in [3.63, 3.8) is 0 Å². The average molecular weight is 399 g/mol. The van der Waals surface area contributed by atoms with Gasteiger partial charge in [0.15, 0.2) is 5.60 Å². The second kappa shape index (κ2) is 11.5. The molecule has 0 aromatic rings. The van der Waals surface area contributed by atoms with Crippen LogP contribution in [0.3, 0.4) is 0 Å². The fraction of sp³-hybridized carbons (Fsp3) is 0.958. The van der Waals surface area contributed by atoms with Gasteiger partial charge >= 0.3 is 5.97 Å². The van der Waals surface area contributed by atoms with Crippen LogP contribution >= 0.6 is 0 Å². The molecule has 1 heterocycles. The molecule has 3 unspecified atom stereocenters. The molecule has 0 amide bonds. The van der Waals surface area contributed by atoms with Crippen molar-refractivity contribution in [3.05, 3.63) is 0 Å². The Morgan fingerprint density at radius 3 is 1.79 bits per heavy atom. The number of carboxylic acid groups (broad SMARTS) is 1. The Morgan fingerprint density at radius 1 is 0.893 bits per heavy atom. The highest BCUT2D eigenvalue weighted by atomic mass is 17.3. The fourth-order valence-electron chi connectivity index (χ4n) is 5.54. The van der Waals surface area contributed by atoms with Crippen LogP contribution in [0.2, 0.25) is 0 Å². The van der Waals surface area contributed by atoms with Crippen molar-refractivity contribution in [3.8, 4) is 0 Å². The maximum atomic E-state index is 12.5. The van der Waals surface area contributed by atoms with Gasteiger partial charge in [-0.1, -0.05) is 99.3 Å². The zero-order chi connectivity index (χ0) is 21.3. The van der Waals surface area contributed by atoms with Gasteiger partial charge in [0.2, 0.25) is 5.60 Å². The summed E-state index contributed by atoms with van der Waals surface area (Å²) in [4.78, 5) is 24.2. The Morgan fingerprint density at radius 2 is 1.43 bits per heavy atom. The Hall–Kier alpha value is -0.610. The van der Waals surface area contributed by atoms with Gasteiger partial charge < -0.3 is 5.11 Å². The monoisotopic (exact) mass is 398 g/mol. The first kappa shape index (κ1) is 25.4. The minimum atomic E-state index is -1.22. The van der Waals surface area contributed by atoms with Gasteiger partial charge in [0.05, 0.1) is 0 Å². The van der Waals surface area contributed by atoms with Gasteiger partial charge in [-0.25, -0.2) is 14.6 Å². The molecule has 0 aromatic heterocycles.